The van der Waals surface area contributed by atoms with Gasteiger partial charge in [0.1, 0.15) is 5.75 Å². The summed E-state index contributed by atoms with van der Waals surface area (Å²) >= 11 is 0. The Morgan fingerprint density at radius 1 is 1.20 bits per heavy atom. The van der Waals surface area contributed by atoms with Gasteiger partial charge in [0.2, 0.25) is 0 Å². The predicted molar refractivity (Wildman–Crippen MR) is 82.2 cm³/mol. The maximum absolute atomic E-state index is 12.3. The summed E-state index contributed by atoms with van der Waals surface area (Å²) < 4.78 is 5.11. The number of ketones is 1. The normalized spacial score (nSPS) is 22.2. The van der Waals surface area contributed by atoms with E-state index in [2.05, 4.69) is 6.58 Å². The van der Waals surface area contributed by atoms with E-state index in [0.29, 0.717) is 12.3 Å². The molecule has 2 heteroatoms. The summed E-state index contributed by atoms with van der Waals surface area (Å²) in [5.74, 6) is 2.41. The SMILES string of the molecule is C=CCC1CCC(CC(=O)c2ccc(OC)cc2)CC1. The predicted octanol–water partition coefficient (Wildman–Crippen LogP) is 4.65. The lowest BCUT2D eigenvalue weighted by atomic mass is 9.78. The van der Waals surface area contributed by atoms with Gasteiger partial charge in [-0.1, -0.05) is 6.08 Å². The molecule has 0 amide bonds. The number of carbonyl (C=O) groups excluding carboxylic acids is 1. The lowest BCUT2D eigenvalue weighted by molar-refractivity contribution is 0.0943. The van der Waals surface area contributed by atoms with Gasteiger partial charge < -0.3 is 4.74 Å². The van der Waals surface area contributed by atoms with E-state index in [0.717, 1.165) is 23.7 Å². The molecule has 20 heavy (non-hydrogen) atoms. The Kier molecular flexibility index (Phi) is 5.40. The van der Waals surface area contributed by atoms with Crippen LogP contribution in [0.15, 0.2) is 36.9 Å². The second kappa shape index (κ2) is 7.28. The number of rotatable bonds is 6. The molecule has 1 aromatic carbocycles. The van der Waals surface area contributed by atoms with E-state index in [1.165, 1.54) is 25.7 Å². The number of hydrogen-bond donors (Lipinski definition) is 0. The zero-order valence-electron chi connectivity index (χ0n) is 12.3. The molecule has 1 aliphatic carbocycles. The second-order valence-corrected chi connectivity index (χ2v) is 5.77. The minimum atomic E-state index is 0.264. The van der Waals surface area contributed by atoms with Gasteiger partial charge in [0.25, 0.3) is 0 Å². The highest BCUT2D eigenvalue weighted by molar-refractivity contribution is 5.96. The number of benzene rings is 1. The molecule has 1 aliphatic rings. The van der Waals surface area contributed by atoms with Gasteiger partial charge in [-0.15, -0.1) is 6.58 Å². The third-order valence-corrected chi connectivity index (χ3v) is 4.35. The molecule has 0 bridgehead atoms. The molecule has 0 atom stereocenters. The second-order valence-electron chi connectivity index (χ2n) is 5.77. The molecule has 0 aliphatic heterocycles. The van der Waals surface area contributed by atoms with Crippen LogP contribution in [-0.4, -0.2) is 12.9 Å². The third kappa shape index (κ3) is 3.96. The summed E-state index contributed by atoms with van der Waals surface area (Å²) in [4.78, 5) is 12.3. The summed E-state index contributed by atoms with van der Waals surface area (Å²) in [6.45, 7) is 3.81. The molecule has 0 radical (unpaired) electrons. The highest BCUT2D eigenvalue weighted by Gasteiger charge is 2.22. The van der Waals surface area contributed by atoms with Gasteiger partial charge in [-0.3, -0.25) is 4.79 Å². The van der Waals surface area contributed by atoms with Crippen LogP contribution in [0.2, 0.25) is 0 Å². The smallest absolute Gasteiger partial charge is 0.163 e. The number of allylic oxidation sites excluding steroid dienone is 1. The van der Waals surface area contributed by atoms with Gasteiger partial charge in [0.15, 0.2) is 5.78 Å². The van der Waals surface area contributed by atoms with Crippen LogP contribution in [-0.2, 0) is 0 Å². The van der Waals surface area contributed by atoms with Crippen LogP contribution in [0.1, 0.15) is 48.9 Å². The molecule has 0 unspecified atom stereocenters. The van der Waals surface area contributed by atoms with Crippen molar-refractivity contribution in [3.05, 3.63) is 42.5 Å². The van der Waals surface area contributed by atoms with E-state index < -0.39 is 0 Å². The van der Waals surface area contributed by atoms with Gasteiger partial charge in [-0.2, -0.15) is 0 Å². The van der Waals surface area contributed by atoms with Gasteiger partial charge in [-0.25, -0.2) is 0 Å². The van der Waals surface area contributed by atoms with Crippen LogP contribution in [0.4, 0.5) is 0 Å². The Hall–Kier alpha value is -1.57. The molecule has 2 rings (SSSR count). The first-order chi connectivity index (χ1) is 9.72. The molecular formula is C18H24O2. The summed E-state index contributed by atoms with van der Waals surface area (Å²) in [6.07, 6.45) is 8.68. The van der Waals surface area contributed by atoms with E-state index >= 15 is 0 Å². The van der Waals surface area contributed by atoms with Gasteiger partial charge in [0, 0.05) is 12.0 Å². The topological polar surface area (TPSA) is 26.3 Å². The highest BCUT2D eigenvalue weighted by Crippen LogP contribution is 2.33. The zero-order valence-corrected chi connectivity index (χ0v) is 12.3. The van der Waals surface area contributed by atoms with Crippen molar-refractivity contribution in [3.63, 3.8) is 0 Å². The van der Waals surface area contributed by atoms with Crippen LogP contribution >= 0.6 is 0 Å². The Bertz CT molecular complexity index is 439. The average molecular weight is 272 g/mol. The summed E-state index contributed by atoms with van der Waals surface area (Å²) in [6, 6.07) is 7.44. The van der Waals surface area contributed by atoms with Gasteiger partial charge in [-0.05, 0) is 68.2 Å². The van der Waals surface area contributed by atoms with E-state index in [-0.39, 0.29) is 5.78 Å². The lowest BCUT2D eigenvalue weighted by Gasteiger charge is -2.27. The minimum Gasteiger partial charge on any atom is -0.497 e. The number of ether oxygens (including phenoxy) is 1. The van der Waals surface area contributed by atoms with Crippen molar-refractivity contribution in [3.8, 4) is 5.75 Å². The first-order valence-corrected chi connectivity index (χ1v) is 7.51. The quantitative estimate of drug-likeness (QED) is 0.556. The van der Waals surface area contributed by atoms with Crippen molar-refractivity contribution >= 4 is 5.78 Å². The fraction of sp³-hybridized carbons (Fsp3) is 0.500. The summed E-state index contributed by atoms with van der Waals surface area (Å²) in [5.41, 5.74) is 0.805. The van der Waals surface area contributed by atoms with Crippen LogP contribution in [0.3, 0.4) is 0 Å². The molecule has 0 aromatic heterocycles. The summed E-state index contributed by atoms with van der Waals surface area (Å²) in [7, 11) is 1.64. The maximum Gasteiger partial charge on any atom is 0.163 e. The van der Waals surface area contributed by atoms with E-state index in [1.807, 2.05) is 30.3 Å². The molecule has 2 nitrogen and oxygen atoms in total. The van der Waals surface area contributed by atoms with Gasteiger partial charge >= 0.3 is 0 Å². The standard InChI is InChI=1S/C18H24O2/c1-3-4-14-5-7-15(8-6-14)13-18(19)16-9-11-17(20-2)12-10-16/h3,9-12,14-15H,1,4-8,13H2,2H3. The first kappa shape index (κ1) is 14.8. The first-order valence-electron chi connectivity index (χ1n) is 7.51. The van der Waals surface area contributed by atoms with Crippen molar-refractivity contribution in [2.45, 2.75) is 38.5 Å². The Morgan fingerprint density at radius 3 is 2.35 bits per heavy atom. The van der Waals surface area contributed by atoms with Crippen LogP contribution in [0.25, 0.3) is 0 Å². The fourth-order valence-corrected chi connectivity index (χ4v) is 3.06. The van der Waals surface area contributed by atoms with Crippen molar-refractivity contribution in [2.75, 3.05) is 7.11 Å². The molecule has 0 saturated heterocycles. The summed E-state index contributed by atoms with van der Waals surface area (Å²) in [5, 5.41) is 0. The van der Waals surface area contributed by atoms with Crippen molar-refractivity contribution in [1.29, 1.82) is 0 Å². The molecule has 1 saturated carbocycles. The molecule has 0 N–H and O–H groups in total. The van der Waals surface area contributed by atoms with Gasteiger partial charge in [0.05, 0.1) is 7.11 Å². The molecular weight excluding hydrogens is 248 g/mol. The molecule has 0 heterocycles. The molecule has 0 spiro atoms. The number of methoxy groups -OCH3 is 1. The van der Waals surface area contributed by atoms with Crippen molar-refractivity contribution in [2.24, 2.45) is 11.8 Å². The fourth-order valence-electron chi connectivity index (χ4n) is 3.06. The van der Waals surface area contributed by atoms with E-state index in [9.17, 15) is 4.79 Å². The lowest BCUT2D eigenvalue weighted by Crippen LogP contribution is -2.17. The van der Waals surface area contributed by atoms with E-state index in [1.54, 1.807) is 7.11 Å². The number of hydrogen-bond acceptors (Lipinski definition) is 2. The van der Waals surface area contributed by atoms with Crippen molar-refractivity contribution < 1.29 is 9.53 Å². The Morgan fingerprint density at radius 2 is 1.80 bits per heavy atom. The zero-order chi connectivity index (χ0) is 14.4. The minimum absolute atomic E-state index is 0.264. The van der Waals surface area contributed by atoms with E-state index in [4.69, 9.17) is 4.74 Å². The largest absolute Gasteiger partial charge is 0.497 e. The Balaban J connectivity index is 1.84. The van der Waals surface area contributed by atoms with Crippen LogP contribution in [0, 0.1) is 11.8 Å². The Labute approximate surface area is 121 Å². The maximum atomic E-state index is 12.3. The molecule has 1 aromatic rings. The molecule has 108 valence electrons. The monoisotopic (exact) mass is 272 g/mol. The highest BCUT2D eigenvalue weighted by atomic mass is 16.5. The third-order valence-electron chi connectivity index (χ3n) is 4.35. The van der Waals surface area contributed by atoms with Crippen molar-refractivity contribution in [1.82, 2.24) is 0 Å². The van der Waals surface area contributed by atoms with Crippen LogP contribution in [0.5, 0.6) is 5.75 Å². The molecule has 1 fully saturated rings. The van der Waals surface area contributed by atoms with Crippen LogP contribution < -0.4 is 4.74 Å². The average Bonchev–Trinajstić information content (AvgIpc) is 2.49. The number of carbonyl (C=O) groups is 1. The number of Topliss-reactive ketones (excluding diaryl/α,β-unsaturated/α-hetero) is 1.